The number of benzene rings is 1. The minimum atomic E-state index is -1.70. The number of hydrogen-bond acceptors (Lipinski definition) is 3. The summed E-state index contributed by atoms with van der Waals surface area (Å²) in [5.74, 6) is 0. The van der Waals surface area contributed by atoms with Crippen LogP contribution < -0.4 is 10.6 Å². The summed E-state index contributed by atoms with van der Waals surface area (Å²) in [5.41, 5.74) is 3.42. The number of rotatable bonds is 4. The topological polar surface area (TPSA) is 41.1 Å². The van der Waals surface area contributed by atoms with Gasteiger partial charge in [0.1, 0.15) is 0 Å². The van der Waals surface area contributed by atoms with E-state index in [-0.39, 0.29) is 0 Å². The average molecular weight is 213 g/mol. The van der Waals surface area contributed by atoms with Crippen molar-refractivity contribution < 1.29 is 4.57 Å². The Kier molecular flexibility index (Phi) is 4.12. The number of hydrogen-bond donors (Lipinski definition) is 2. The molecule has 68 valence electrons. The van der Waals surface area contributed by atoms with Crippen molar-refractivity contribution in [3.8, 4) is 0 Å². The zero-order chi connectivity index (χ0) is 9.68. The van der Waals surface area contributed by atoms with Gasteiger partial charge in [0.15, 0.2) is 0 Å². The molecule has 0 saturated carbocycles. The molecule has 3 nitrogen and oxygen atoms in total. The van der Waals surface area contributed by atoms with Crippen LogP contribution in [-0.4, -0.2) is 11.7 Å². The van der Waals surface area contributed by atoms with Gasteiger partial charge in [-0.2, -0.15) is 0 Å². The summed E-state index contributed by atoms with van der Waals surface area (Å²) in [6.45, 7) is 0. The maximum Gasteiger partial charge on any atom is 0.499 e. The Labute approximate surface area is 83.4 Å². The maximum absolute atomic E-state index is 11.4. The van der Waals surface area contributed by atoms with Gasteiger partial charge in [-0.25, -0.2) is 5.43 Å². The van der Waals surface area contributed by atoms with Gasteiger partial charge in [-0.15, -0.1) is 0 Å². The summed E-state index contributed by atoms with van der Waals surface area (Å²) in [4.78, 5) is 0. The maximum atomic E-state index is 11.4. The third-order valence-corrected chi connectivity index (χ3v) is 3.21. The van der Waals surface area contributed by atoms with Crippen LogP contribution in [0.1, 0.15) is 5.56 Å². The molecule has 0 fully saturated rings. The van der Waals surface area contributed by atoms with E-state index in [2.05, 4.69) is 10.6 Å². The van der Waals surface area contributed by atoms with E-state index in [0.717, 1.165) is 5.56 Å². The van der Waals surface area contributed by atoms with Crippen LogP contribution in [0.15, 0.2) is 30.3 Å². The van der Waals surface area contributed by atoms with Crippen molar-refractivity contribution in [1.82, 2.24) is 10.6 Å². The lowest BCUT2D eigenvalue weighted by Crippen LogP contribution is -2.21. The van der Waals surface area contributed by atoms with Gasteiger partial charge in [0.2, 0.25) is 0 Å². The molecule has 1 unspecified atom stereocenters. The molecule has 0 aliphatic heterocycles. The molecule has 0 aromatic heterocycles. The first-order valence-corrected chi connectivity index (χ1v) is 5.41. The van der Waals surface area contributed by atoms with Gasteiger partial charge in [-0.1, -0.05) is 18.2 Å². The SMILES string of the molecule is CNN[P+](=O)C(=S)c1ccccc1. The van der Waals surface area contributed by atoms with Crippen molar-refractivity contribution in [1.29, 1.82) is 0 Å². The molecule has 0 aliphatic rings. The smallest absolute Gasteiger partial charge is 0.220 e. The molecule has 0 heterocycles. The van der Waals surface area contributed by atoms with Gasteiger partial charge in [0, 0.05) is 12.6 Å². The number of hydrazine groups is 1. The monoisotopic (exact) mass is 213 g/mol. The molecular formula is C8H10N2OPS+. The fraction of sp³-hybridized carbons (Fsp3) is 0.125. The van der Waals surface area contributed by atoms with Crippen molar-refractivity contribution in [2.24, 2.45) is 0 Å². The van der Waals surface area contributed by atoms with E-state index in [1.54, 1.807) is 7.05 Å². The predicted molar refractivity (Wildman–Crippen MR) is 57.9 cm³/mol. The highest BCUT2D eigenvalue weighted by Gasteiger charge is 2.24. The Bertz CT molecular complexity index is 315. The van der Waals surface area contributed by atoms with Crippen molar-refractivity contribution in [2.75, 3.05) is 7.05 Å². The second-order valence-electron chi connectivity index (χ2n) is 2.33. The van der Waals surface area contributed by atoms with Gasteiger partial charge in [0.25, 0.3) is 4.61 Å². The van der Waals surface area contributed by atoms with E-state index in [0.29, 0.717) is 4.61 Å². The van der Waals surface area contributed by atoms with Gasteiger partial charge < -0.3 is 0 Å². The minimum absolute atomic E-state index is 0.435. The molecule has 0 radical (unpaired) electrons. The summed E-state index contributed by atoms with van der Waals surface area (Å²) in [6.07, 6.45) is 0. The van der Waals surface area contributed by atoms with Crippen molar-refractivity contribution in [3.63, 3.8) is 0 Å². The highest BCUT2D eigenvalue weighted by atomic mass is 32.1. The molecule has 5 heteroatoms. The third kappa shape index (κ3) is 2.94. The summed E-state index contributed by atoms with van der Waals surface area (Å²) in [5, 5.41) is 2.56. The molecule has 1 atom stereocenters. The van der Waals surface area contributed by atoms with Crippen molar-refractivity contribution >= 4 is 24.8 Å². The molecule has 0 aliphatic carbocycles. The number of thiocarbonyl (C=S) groups is 1. The molecule has 1 aromatic rings. The number of nitrogens with one attached hydrogen (secondary N) is 2. The third-order valence-electron chi connectivity index (χ3n) is 1.42. The van der Waals surface area contributed by atoms with Crippen LogP contribution in [0.5, 0.6) is 0 Å². The second kappa shape index (κ2) is 5.14. The van der Waals surface area contributed by atoms with Crippen LogP contribution in [0, 0.1) is 0 Å². The highest BCUT2D eigenvalue weighted by Crippen LogP contribution is 2.22. The first-order valence-electron chi connectivity index (χ1n) is 3.74. The fourth-order valence-corrected chi connectivity index (χ4v) is 1.81. The Hall–Kier alpha value is -0.670. The Morgan fingerprint density at radius 2 is 2.00 bits per heavy atom. The predicted octanol–water partition coefficient (Wildman–Crippen LogP) is 1.83. The Morgan fingerprint density at radius 1 is 1.38 bits per heavy atom. The molecule has 0 amide bonds. The van der Waals surface area contributed by atoms with Gasteiger partial charge in [-0.05, 0) is 34.1 Å². The minimum Gasteiger partial charge on any atom is -0.220 e. The largest absolute Gasteiger partial charge is 0.499 e. The van der Waals surface area contributed by atoms with Crippen LogP contribution in [0.3, 0.4) is 0 Å². The van der Waals surface area contributed by atoms with Crippen LogP contribution in [-0.2, 0) is 4.57 Å². The van der Waals surface area contributed by atoms with E-state index >= 15 is 0 Å². The van der Waals surface area contributed by atoms with Gasteiger partial charge in [0.05, 0.1) is 0 Å². The van der Waals surface area contributed by atoms with Crippen LogP contribution in [0.25, 0.3) is 0 Å². The molecular weight excluding hydrogens is 203 g/mol. The fourth-order valence-electron chi connectivity index (χ4n) is 0.850. The van der Waals surface area contributed by atoms with Crippen LogP contribution >= 0.6 is 20.2 Å². The first kappa shape index (κ1) is 10.4. The standard InChI is InChI=1S/C8H9N2OPS/c1-9-10-12(11)8(13)7-5-3-2-4-6-7/h2-6H,1H3,(H-,9,10,11,13)/p+1. The molecule has 0 bridgehead atoms. The van der Waals surface area contributed by atoms with E-state index in [9.17, 15) is 4.57 Å². The zero-order valence-electron chi connectivity index (χ0n) is 7.15. The van der Waals surface area contributed by atoms with Gasteiger partial charge >= 0.3 is 7.95 Å². The van der Waals surface area contributed by atoms with Crippen molar-refractivity contribution in [2.45, 2.75) is 0 Å². The lowest BCUT2D eigenvalue weighted by atomic mass is 10.2. The summed E-state index contributed by atoms with van der Waals surface area (Å²) in [6, 6.07) is 9.30. The molecule has 1 rings (SSSR count). The first-order chi connectivity index (χ1) is 6.25. The van der Waals surface area contributed by atoms with E-state index in [1.807, 2.05) is 30.3 Å². The summed E-state index contributed by atoms with van der Waals surface area (Å²) in [7, 11) is -0.0442. The molecule has 0 saturated heterocycles. The normalized spacial score (nSPS) is 11.0. The molecule has 13 heavy (non-hydrogen) atoms. The average Bonchev–Trinajstić information content (AvgIpc) is 2.18. The molecule has 1 aromatic carbocycles. The van der Waals surface area contributed by atoms with E-state index in [4.69, 9.17) is 12.2 Å². The van der Waals surface area contributed by atoms with Crippen LogP contribution in [0.2, 0.25) is 0 Å². The van der Waals surface area contributed by atoms with Crippen LogP contribution in [0.4, 0.5) is 0 Å². The zero-order valence-corrected chi connectivity index (χ0v) is 8.86. The van der Waals surface area contributed by atoms with Gasteiger partial charge in [-0.3, -0.25) is 0 Å². The molecule has 2 N–H and O–H groups in total. The van der Waals surface area contributed by atoms with E-state index in [1.165, 1.54) is 0 Å². The Balaban J connectivity index is 2.74. The second-order valence-corrected chi connectivity index (χ2v) is 4.30. The summed E-state index contributed by atoms with van der Waals surface area (Å²) < 4.78 is 11.8. The molecule has 0 spiro atoms. The Morgan fingerprint density at radius 3 is 2.54 bits per heavy atom. The van der Waals surface area contributed by atoms with E-state index < -0.39 is 7.95 Å². The quantitative estimate of drug-likeness (QED) is 0.455. The highest BCUT2D eigenvalue weighted by molar-refractivity contribution is 7.95. The van der Waals surface area contributed by atoms with Crippen molar-refractivity contribution in [3.05, 3.63) is 35.9 Å². The summed E-state index contributed by atoms with van der Waals surface area (Å²) >= 11 is 5.02. The lowest BCUT2D eigenvalue weighted by Gasteiger charge is -1.92. The lowest BCUT2D eigenvalue weighted by molar-refractivity contribution is 0.580.